The van der Waals surface area contributed by atoms with Crippen molar-refractivity contribution in [2.24, 2.45) is 0 Å². The summed E-state index contributed by atoms with van der Waals surface area (Å²) >= 11 is 0. The number of rotatable bonds is 30. The topological polar surface area (TPSA) is 63.6 Å². The van der Waals surface area contributed by atoms with Gasteiger partial charge in [-0.2, -0.15) is 0 Å². The van der Waals surface area contributed by atoms with E-state index in [0.29, 0.717) is 6.42 Å². The third kappa shape index (κ3) is 30.8. The van der Waals surface area contributed by atoms with Crippen LogP contribution < -0.4 is 0 Å². The number of ether oxygens (including phenoxy) is 1. The maximum absolute atomic E-state index is 12.5. The van der Waals surface area contributed by atoms with Crippen LogP contribution in [-0.2, 0) is 14.3 Å². The number of carboxylic acids is 1. The first kappa shape index (κ1) is 37.4. The van der Waals surface area contributed by atoms with E-state index in [-0.39, 0.29) is 18.5 Å². The summed E-state index contributed by atoms with van der Waals surface area (Å²) in [5, 5.41) is 8.74. The normalized spacial score (nSPS) is 12.5. The molecule has 0 saturated heterocycles. The van der Waals surface area contributed by atoms with Gasteiger partial charge in [0.25, 0.3) is 0 Å². The predicted octanol–water partition coefficient (Wildman–Crippen LogP) is 11.3. The highest BCUT2D eigenvalue weighted by molar-refractivity contribution is 5.69. The second kappa shape index (κ2) is 31.0. The van der Waals surface area contributed by atoms with Gasteiger partial charge in [0.1, 0.15) is 6.10 Å². The van der Waals surface area contributed by atoms with Crippen LogP contribution in [0.4, 0.5) is 0 Å². The Balaban J connectivity index is 4.13. The zero-order valence-electron chi connectivity index (χ0n) is 25.9. The third-order valence-corrected chi connectivity index (χ3v) is 7.38. The predicted molar refractivity (Wildman–Crippen MR) is 167 cm³/mol. The Labute approximate surface area is 242 Å². The SMILES string of the molecule is CCCCC/C=C\CCCCCCCC(=O)OC(/C=C\CCCCCCCC)CCCCCCCCC(=O)O. The highest BCUT2D eigenvalue weighted by Gasteiger charge is 2.11. The van der Waals surface area contributed by atoms with Crippen molar-refractivity contribution in [3.8, 4) is 0 Å². The molecule has 4 heteroatoms. The average molecular weight is 549 g/mol. The van der Waals surface area contributed by atoms with E-state index >= 15 is 0 Å². The molecule has 0 aliphatic carbocycles. The van der Waals surface area contributed by atoms with E-state index in [1.165, 1.54) is 89.9 Å². The number of carbonyl (C=O) groups excluding carboxylic acids is 1. The molecule has 1 unspecified atom stereocenters. The summed E-state index contributed by atoms with van der Waals surface area (Å²) in [6.45, 7) is 4.50. The molecule has 0 aliphatic rings. The zero-order valence-corrected chi connectivity index (χ0v) is 25.9. The number of aliphatic carboxylic acids is 1. The second-order valence-electron chi connectivity index (χ2n) is 11.3. The van der Waals surface area contributed by atoms with Crippen LogP contribution in [0.15, 0.2) is 24.3 Å². The molecular weight excluding hydrogens is 484 g/mol. The minimum Gasteiger partial charge on any atom is -0.481 e. The highest BCUT2D eigenvalue weighted by atomic mass is 16.5. The first-order chi connectivity index (χ1) is 19.1. The lowest BCUT2D eigenvalue weighted by atomic mass is 10.0. The van der Waals surface area contributed by atoms with Crippen LogP contribution >= 0.6 is 0 Å². The number of unbranched alkanes of at least 4 members (excludes halogenated alkanes) is 19. The van der Waals surface area contributed by atoms with Crippen LogP contribution in [0.25, 0.3) is 0 Å². The molecule has 0 saturated carbocycles. The molecule has 0 aromatic carbocycles. The Morgan fingerprint density at radius 1 is 0.564 bits per heavy atom. The quantitative estimate of drug-likeness (QED) is 0.0550. The van der Waals surface area contributed by atoms with E-state index in [1.54, 1.807) is 0 Å². The van der Waals surface area contributed by atoms with E-state index in [1.807, 2.05) is 0 Å². The molecule has 0 bridgehead atoms. The lowest BCUT2D eigenvalue weighted by molar-refractivity contribution is -0.147. The molecule has 0 aliphatic heterocycles. The molecule has 0 aromatic rings. The van der Waals surface area contributed by atoms with Gasteiger partial charge in [-0.25, -0.2) is 0 Å². The first-order valence-corrected chi connectivity index (χ1v) is 16.8. The minimum atomic E-state index is -0.701. The molecule has 0 amide bonds. The molecule has 39 heavy (non-hydrogen) atoms. The molecule has 0 fully saturated rings. The summed E-state index contributed by atoms with van der Waals surface area (Å²) in [4.78, 5) is 23.1. The van der Waals surface area contributed by atoms with Crippen LogP contribution in [0.3, 0.4) is 0 Å². The standard InChI is InChI=1S/C35H64O4/c1-3-5-7-9-11-13-14-15-16-18-24-28-32-35(38)39-33(29-25-21-17-12-10-8-6-4-2)30-26-22-19-20-23-27-31-34(36)37/h11,13,25,29,33H,3-10,12,14-24,26-28,30-32H2,1-2H3,(H,36,37)/b13-11-,29-25-. The maximum atomic E-state index is 12.5. The van der Waals surface area contributed by atoms with Crippen molar-refractivity contribution >= 4 is 11.9 Å². The number of esters is 1. The van der Waals surface area contributed by atoms with E-state index in [4.69, 9.17) is 9.84 Å². The number of carbonyl (C=O) groups is 2. The molecule has 4 nitrogen and oxygen atoms in total. The van der Waals surface area contributed by atoms with Crippen molar-refractivity contribution in [1.82, 2.24) is 0 Å². The first-order valence-electron chi connectivity index (χ1n) is 16.8. The Kier molecular flexibility index (Phi) is 29.7. The molecule has 1 atom stereocenters. The lowest BCUT2D eigenvalue weighted by Crippen LogP contribution is -2.16. The van der Waals surface area contributed by atoms with Gasteiger partial charge in [-0.1, -0.05) is 122 Å². The van der Waals surface area contributed by atoms with E-state index in [0.717, 1.165) is 64.2 Å². The van der Waals surface area contributed by atoms with Crippen molar-refractivity contribution in [2.45, 2.75) is 187 Å². The van der Waals surface area contributed by atoms with E-state index in [9.17, 15) is 9.59 Å². The molecule has 0 spiro atoms. The van der Waals surface area contributed by atoms with Crippen LogP contribution in [0, 0.1) is 0 Å². The Hall–Kier alpha value is -1.58. The zero-order chi connectivity index (χ0) is 28.7. The van der Waals surface area contributed by atoms with E-state index in [2.05, 4.69) is 38.2 Å². The molecular formula is C35H64O4. The maximum Gasteiger partial charge on any atom is 0.306 e. The van der Waals surface area contributed by atoms with Gasteiger partial charge in [-0.3, -0.25) is 9.59 Å². The lowest BCUT2D eigenvalue weighted by Gasteiger charge is -2.15. The van der Waals surface area contributed by atoms with E-state index < -0.39 is 5.97 Å². The van der Waals surface area contributed by atoms with Crippen LogP contribution in [0.2, 0.25) is 0 Å². The van der Waals surface area contributed by atoms with Crippen LogP contribution in [-0.4, -0.2) is 23.1 Å². The summed E-state index contributed by atoms with van der Waals surface area (Å²) in [5.74, 6) is -0.749. The number of carboxylic acid groups (broad SMARTS) is 1. The molecule has 0 heterocycles. The summed E-state index contributed by atoms with van der Waals surface area (Å²) in [7, 11) is 0. The second-order valence-corrected chi connectivity index (χ2v) is 11.3. The average Bonchev–Trinajstić information content (AvgIpc) is 2.91. The van der Waals surface area contributed by atoms with Crippen molar-refractivity contribution in [1.29, 1.82) is 0 Å². The Morgan fingerprint density at radius 3 is 1.59 bits per heavy atom. The summed E-state index contributed by atoms with van der Waals surface area (Å²) in [6, 6.07) is 0. The van der Waals surface area contributed by atoms with Gasteiger partial charge in [0, 0.05) is 12.8 Å². The fourth-order valence-corrected chi connectivity index (χ4v) is 4.85. The van der Waals surface area contributed by atoms with Gasteiger partial charge >= 0.3 is 11.9 Å². The molecule has 1 N–H and O–H groups in total. The fourth-order valence-electron chi connectivity index (χ4n) is 4.85. The van der Waals surface area contributed by atoms with Gasteiger partial charge < -0.3 is 9.84 Å². The fraction of sp³-hybridized carbons (Fsp3) is 0.829. The molecule has 228 valence electrons. The van der Waals surface area contributed by atoms with Crippen LogP contribution in [0.5, 0.6) is 0 Å². The van der Waals surface area contributed by atoms with Crippen molar-refractivity contribution in [2.75, 3.05) is 0 Å². The third-order valence-electron chi connectivity index (χ3n) is 7.38. The highest BCUT2D eigenvalue weighted by Crippen LogP contribution is 2.15. The monoisotopic (exact) mass is 548 g/mol. The van der Waals surface area contributed by atoms with Crippen molar-refractivity contribution < 1.29 is 19.4 Å². The summed E-state index contributed by atoms with van der Waals surface area (Å²) in [5.41, 5.74) is 0. The molecule has 0 radical (unpaired) electrons. The van der Waals surface area contributed by atoms with Crippen molar-refractivity contribution in [3.63, 3.8) is 0 Å². The van der Waals surface area contributed by atoms with Gasteiger partial charge in [0.05, 0.1) is 0 Å². The summed E-state index contributed by atoms with van der Waals surface area (Å²) in [6.07, 6.45) is 37.7. The van der Waals surface area contributed by atoms with Gasteiger partial charge in [-0.05, 0) is 70.3 Å². The number of allylic oxidation sites excluding steroid dienone is 3. The van der Waals surface area contributed by atoms with Gasteiger partial charge in [0.2, 0.25) is 0 Å². The largest absolute Gasteiger partial charge is 0.481 e. The Morgan fingerprint density at radius 2 is 1.00 bits per heavy atom. The number of hydrogen-bond donors (Lipinski definition) is 1. The smallest absolute Gasteiger partial charge is 0.306 e. The Bertz CT molecular complexity index is 595. The minimum absolute atomic E-state index is 0.0482. The van der Waals surface area contributed by atoms with Gasteiger partial charge in [0.15, 0.2) is 0 Å². The molecule has 0 aromatic heterocycles. The van der Waals surface area contributed by atoms with Crippen LogP contribution in [0.1, 0.15) is 181 Å². The number of hydrogen-bond acceptors (Lipinski definition) is 3. The van der Waals surface area contributed by atoms with Gasteiger partial charge in [-0.15, -0.1) is 0 Å². The summed E-state index contributed by atoms with van der Waals surface area (Å²) < 4.78 is 5.88. The van der Waals surface area contributed by atoms with Crippen molar-refractivity contribution in [3.05, 3.63) is 24.3 Å². The molecule has 0 rings (SSSR count).